The van der Waals surface area contributed by atoms with Crippen molar-refractivity contribution in [3.05, 3.63) is 87.8 Å². The lowest BCUT2D eigenvalue weighted by molar-refractivity contribution is -0.136. The zero-order valence-electron chi connectivity index (χ0n) is 41.5. The van der Waals surface area contributed by atoms with Crippen LogP contribution in [0.15, 0.2) is 48.8 Å². The van der Waals surface area contributed by atoms with Gasteiger partial charge in [0.1, 0.15) is 29.5 Å². The Morgan fingerprint density at radius 2 is 1.39 bits per heavy atom. The SMILES string of the molecule is O=C(CCOCCOCCOCCOCCn1cc(COCCOCCOCCOCCN(Cc2ccccc2Cl)c2nc(Cl)nc3c2cnn3C2OC(CSCP(=O)(O)O)[C@@H](O)[C@H]2O)nn1)Oc1c(F)cc(F)cc1F. The summed E-state index contributed by atoms with van der Waals surface area (Å²) >= 11 is 13.9. The van der Waals surface area contributed by atoms with Crippen LogP contribution >= 0.6 is 42.6 Å². The van der Waals surface area contributed by atoms with Crippen LogP contribution in [0.3, 0.4) is 0 Å². The first-order chi connectivity index (χ1) is 37.2. The quantitative estimate of drug-likeness (QED) is 0.0143. The molecule has 77 heavy (non-hydrogen) atoms. The molecule has 426 valence electrons. The molecular weight excluding hydrogens is 1110 g/mol. The summed E-state index contributed by atoms with van der Waals surface area (Å²) in [5, 5.41) is 35.1. The average molecular weight is 1170 g/mol. The van der Waals surface area contributed by atoms with Crippen molar-refractivity contribution in [1.29, 1.82) is 0 Å². The maximum Gasteiger partial charge on any atom is 0.335 e. The first-order valence-corrected chi connectivity index (χ1v) is 27.8. The zero-order valence-corrected chi connectivity index (χ0v) is 44.7. The lowest BCUT2D eigenvalue weighted by atomic mass is 10.1. The topological polar surface area (TPSA) is 285 Å². The number of carbonyl (C=O) groups is 1. The predicted molar refractivity (Wildman–Crippen MR) is 270 cm³/mol. The van der Waals surface area contributed by atoms with Crippen molar-refractivity contribution >= 4 is 65.4 Å². The zero-order chi connectivity index (χ0) is 55.0. The highest BCUT2D eigenvalue weighted by molar-refractivity contribution is 8.04. The highest BCUT2D eigenvalue weighted by atomic mass is 35.5. The van der Waals surface area contributed by atoms with Gasteiger partial charge in [-0.25, -0.2) is 22.5 Å². The number of aliphatic hydroxyl groups is 2. The summed E-state index contributed by atoms with van der Waals surface area (Å²) < 4.78 is 110. The Morgan fingerprint density at radius 1 is 0.792 bits per heavy atom. The fraction of sp³-hybridized carbons (Fsp3) is 0.565. The van der Waals surface area contributed by atoms with Crippen molar-refractivity contribution < 1.29 is 89.9 Å². The van der Waals surface area contributed by atoms with Gasteiger partial charge in [0.2, 0.25) is 11.0 Å². The van der Waals surface area contributed by atoms with Gasteiger partial charge in [-0.3, -0.25) is 9.36 Å². The first-order valence-electron chi connectivity index (χ1n) is 24.1. The van der Waals surface area contributed by atoms with Crippen LogP contribution in [0.5, 0.6) is 5.75 Å². The second-order valence-corrected chi connectivity index (χ2v) is 20.5. The summed E-state index contributed by atoms with van der Waals surface area (Å²) in [4.78, 5) is 41.0. The van der Waals surface area contributed by atoms with Crippen molar-refractivity contribution in [3.8, 4) is 5.75 Å². The smallest absolute Gasteiger partial charge is 0.335 e. The van der Waals surface area contributed by atoms with Crippen LogP contribution in [0, 0.1) is 17.5 Å². The average Bonchev–Trinajstić information content (AvgIpc) is 4.14. The molecule has 4 atom stereocenters. The van der Waals surface area contributed by atoms with E-state index in [2.05, 4.69) is 30.1 Å². The number of carbonyl (C=O) groups excluding carboxylic acids is 1. The third-order valence-electron chi connectivity index (χ3n) is 10.8. The van der Waals surface area contributed by atoms with Crippen LogP contribution in [-0.4, -0.2) is 196 Å². The number of fused-ring (bicyclic) bond motifs is 1. The molecule has 31 heteroatoms. The van der Waals surface area contributed by atoms with E-state index in [1.165, 1.54) is 10.9 Å². The molecule has 0 aliphatic carbocycles. The van der Waals surface area contributed by atoms with E-state index in [-0.39, 0.29) is 56.1 Å². The number of anilines is 1. The Balaban J connectivity index is 0.769. The van der Waals surface area contributed by atoms with Crippen LogP contribution in [0.4, 0.5) is 19.0 Å². The predicted octanol–water partition coefficient (Wildman–Crippen LogP) is 3.96. The first kappa shape index (κ1) is 62.0. The molecular formula is C46H60Cl2F3N8O16PS. The molecule has 4 N–H and O–H groups in total. The minimum absolute atomic E-state index is 0.0115. The minimum Gasteiger partial charge on any atom is -0.420 e. The Hall–Kier alpha value is -4.17. The number of thioether (sulfide) groups is 1. The van der Waals surface area contributed by atoms with Crippen molar-refractivity contribution in [1.82, 2.24) is 34.7 Å². The molecule has 2 aromatic carbocycles. The molecule has 24 nitrogen and oxygen atoms in total. The summed E-state index contributed by atoms with van der Waals surface area (Å²) in [5.74, 6) is -5.24. The molecule has 1 aliphatic rings. The second kappa shape index (κ2) is 32.8. The van der Waals surface area contributed by atoms with E-state index >= 15 is 0 Å². The van der Waals surface area contributed by atoms with Gasteiger partial charge in [0.15, 0.2) is 23.5 Å². The van der Waals surface area contributed by atoms with Gasteiger partial charge >= 0.3 is 13.6 Å². The summed E-state index contributed by atoms with van der Waals surface area (Å²) in [6.07, 6.45) is -1.93. The fourth-order valence-electron chi connectivity index (χ4n) is 7.15. The van der Waals surface area contributed by atoms with Crippen LogP contribution in [0.1, 0.15) is 23.9 Å². The monoisotopic (exact) mass is 1170 g/mol. The summed E-state index contributed by atoms with van der Waals surface area (Å²) in [7, 11) is -4.29. The van der Waals surface area contributed by atoms with E-state index in [1.54, 1.807) is 16.9 Å². The van der Waals surface area contributed by atoms with E-state index in [0.29, 0.717) is 126 Å². The van der Waals surface area contributed by atoms with Gasteiger partial charge in [-0.1, -0.05) is 35.0 Å². The van der Waals surface area contributed by atoms with E-state index < -0.39 is 66.8 Å². The van der Waals surface area contributed by atoms with Crippen molar-refractivity contribution in [2.45, 2.75) is 50.7 Å². The van der Waals surface area contributed by atoms with Crippen molar-refractivity contribution in [3.63, 3.8) is 0 Å². The third-order valence-corrected chi connectivity index (χ3v) is 14.0. The number of nitrogens with zero attached hydrogens (tertiary/aromatic N) is 8. The number of ether oxygens (including phenoxy) is 10. The second-order valence-electron chi connectivity index (χ2n) is 16.6. The summed E-state index contributed by atoms with van der Waals surface area (Å²) in [6, 6.07) is 8.17. The van der Waals surface area contributed by atoms with Gasteiger partial charge in [0.05, 0.1) is 148 Å². The van der Waals surface area contributed by atoms with Crippen LogP contribution in [0.2, 0.25) is 10.3 Å². The number of halogens is 5. The molecule has 0 spiro atoms. The maximum atomic E-state index is 13.6. The Bertz CT molecular complexity index is 2610. The molecule has 6 rings (SSSR count). The number of aromatic nitrogens is 7. The van der Waals surface area contributed by atoms with Gasteiger partial charge in [-0.05, 0) is 23.2 Å². The number of benzene rings is 2. The maximum absolute atomic E-state index is 13.6. The standard InChI is InChI=1S/C46H60Cl2F3N8O16PS/c47-35-4-2-1-3-31(35)26-57(43-34-25-52-59(44(34)54-46(48)53-43)45-41(62)40(61)38(74-45)29-77-30-76(63,64)65)6-9-67-12-15-70-19-20-72-21-22-73-28-33-27-58(56-55-33)7-10-68-13-16-71-18-17-69-14-11-66-8-5-39(60)75-42-36(50)23-32(49)24-37(42)51/h1-4,23-25,27,38,40-41,45,61-62H,5-22,26,28-30H2,(H2,63,64,65)/t38?,40-,41-,45?/m1/s1. The van der Waals surface area contributed by atoms with Crippen LogP contribution < -0.4 is 9.64 Å². The van der Waals surface area contributed by atoms with E-state index in [1.807, 2.05) is 23.1 Å². The number of esters is 1. The highest BCUT2D eigenvalue weighted by Gasteiger charge is 2.45. The molecule has 0 bridgehead atoms. The molecule has 1 fully saturated rings. The number of hydrogen-bond donors (Lipinski definition) is 4. The van der Waals surface area contributed by atoms with Gasteiger partial charge in [0, 0.05) is 36.0 Å². The van der Waals surface area contributed by atoms with Gasteiger partial charge in [-0.2, -0.15) is 15.1 Å². The molecule has 0 saturated carbocycles. The molecule has 0 amide bonds. The van der Waals surface area contributed by atoms with E-state index in [4.69, 9.17) is 65.8 Å². The van der Waals surface area contributed by atoms with Gasteiger partial charge in [-0.15, -0.1) is 16.9 Å². The minimum atomic E-state index is -4.29. The normalized spacial score (nSPS) is 16.7. The summed E-state index contributed by atoms with van der Waals surface area (Å²) in [5.41, 5.74) is 1.20. The Kier molecular flexibility index (Phi) is 26.4. The summed E-state index contributed by atoms with van der Waals surface area (Å²) in [6.45, 7) is 5.68. The Labute approximate surface area is 454 Å². The number of rotatable bonds is 38. The molecule has 1 aliphatic heterocycles. The third kappa shape index (κ3) is 21.1. The number of aliphatic hydroxyl groups excluding tert-OH is 2. The van der Waals surface area contributed by atoms with Crippen molar-refractivity contribution in [2.24, 2.45) is 0 Å². The fourth-order valence-corrected chi connectivity index (χ4v) is 9.39. The van der Waals surface area contributed by atoms with Gasteiger partial charge < -0.3 is 72.3 Å². The molecule has 4 heterocycles. The van der Waals surface area contributed by atoms with Crippen molar-refractivity contribution in [2.75, 3.05) is 122 Å². The van der Waals surface area contributed by atoms with Crippen LogP contribution in [0.25, 0.3) is 11.0 Å². The highest BCUT2D eigenvalue weighted by Crippen LogP contribution is 2.41. The number of hydrogen-bond acceptors (Lipinski definition) is 21. The molecule has 3 aromatic heterocycles. The van der Waals surface area contributed by atoms with E-state index in [0.717, 1.165) is 17.3 Å². The lowest BCUT2D eigenvalue weighted by Crippen LogP contribution is -2.33. The Morgan fingerprint density at radius 3 is 2.03 bits per heavy atom. The van der Waals surface area contributed by atoms with E-state index in [9.17, 15) is 42.5 Å². The largest absolute Gasteiger partial charge is 0.420 e. The lowest BCUT2D eigenvalue weighted by Gasteiger charge is -2.25. The van der Waals surface area contributed by atoms with Crippen LogP contribution in [-0.2, 0) is 71.7 Å². The molecule has 2 unspecified atom stereocenters. The molecule has 1 saturated heterocycles. The molecule has 5 aromatic rings. The van der Waals surface area contributed by atoms with Gasteiger partial charge in [0.25, 0.3) is 0 Å². The molecule has 0 radical (unpaired) electrons.